The quantitative estimate of drug-likeness (QED) is 0.890. The number of nitrogens with two attached hydrogens (primary N) is 1. The van der Waals surface area contributed by atoms with Crippen molar-refractivity contribution >= 4 is 0 Å². The molecule has 1 aromatic heterocycles. The van der Waals surface area contributed by atoms with Gasteiger partial charge in [0.05, 0.1) is 6.54 Å². The van der Waals surface area contributed by atoms with Gasteiger partial charge in [-0.05, 0) is 31.0 Å². The average Bonchev–Trinajstić information content (AvgIpc) is 2.35. The third kappa shape index (κ3) is 2.65. The minimum atomic E-state index is -0.225. The smallest absolute Gasteiger partial charge is 0.266 e. The summed E-state index contributed by atoms with van der Waals surface area (Å²) in [5.41, 5.74) is 9.40. The maximum absolute atomic E-state index is 11.6. The fourth-order valence-electron chi connectivity index (χ4n) is 1.97. The van der Waals surface area contributed by atoms with Crippen LogP contribution in [0.3, 0.4) is 0 Å². The first-order valence-corrected chi connectivity index (χ1v) is 5.93. The van der Waals surface area contributed by atoms with Gasteiger partial charge < -0.3 is 5.73 Å². The number of aromatic nitrogens is 2. The van der Waals surface area contributed by atoms with E-state index in [4.69, 9.17) is 5.73 Å². The van der Waals surface area contributed by atoms with Gasteiger partial charge in [0, 0.05) is 18.3 Å². The lowest BCUT2D eigenvalue weighted by molar-refractivity contribution is 0.502. The zero-order valence-electron chi connectivity index (χ0n) is 10.6. The molecule has 0 saturated carbocycles. The normalized spacial score (nSPS) is 12.4. The zero-order valence-corrected chi connectivity index (χ0v) is 10.6. The van der Waals surface area contributed by atoms with Crippen LogP contribution < -0.4 is 11.3 Å². The molecule has 2 aromatic rings. The van der Waals surface area contributed by atoms with Crippen LogP contribution in [0.4, 0.5) is 0 Å². The summed E-state index contributed by atoms with van der Waals surface area (Å²) in [5, 5.41) is 4.02. The molecular weight excluding hydrogens is 226 g/mol. The van der Waals surface area contributed by atoms with E-state index in [2.05, 4.69) is 17.2 Å². The van der Waals surface area contributed by atoms with Crippen LogP contribution in [0.5, 0.6) is 0 Å². The summed E-state index contributed by atoms with van der Waals surface area (Å²) in [6.07, 6.45) is 1.59. The van der Waals surface area contributed by atoms with Crippen molar-refractivity contribution in [1.82, 2.24) is 9.78 Å². The van der Waals surface area contributed by atoms with Crippen molar-refractivity contribution in [3.05, 3.63) is 63.6 Å². The Labute approximate surface area is 106 Å². The SMILES string of the molecule is Cc1ccc(C)c(C(N)Cn2ncccc2=O)c1. The van der Waals surface area contributed by atoms with Crippen molar-refractivity contribution in [2.24, 2.45) is 5.73 Å². The van der Waals surface area contributed by atoms with Gasteiger partial charge in [-0.1, -0.05) is 23.8 Å². The molecule has 0 radical (unpaired) electrons. The van der Waals surface area contributed by atoms with E-state index < -0.39 is 0 Å². The number of benzene rings is 1. The van der Waals surface area contributed by atoms with Crippen molar-refractivity contribution < 1.29 is 0 Å². The molecule has 0 aliphatic carbocycles. The summed E-state index contributed by atoms with van der Waals surface area (Å²) in [6.45, 7) is 4.45. The maximum Gasteiger partial charge on any atom is 0.266 e. The first-order chi connectivity index (χ1) is 8.58. The first-order valence-electron chi connectivity index (χ1n) is 5.93. The molecule has 18 heavy (non-hydrogen) atoms. The van der Waals surface area contributed by atoms with Crippen LogP contribution >= 0.6 is 0 Å². The molecule has 1 atom stereocenters. The van der Waals surface area contributed by atoms with Crippen LogP contribution in [-0.2, 0) is 6.54 Å². The Morgan fingerprint density at radius 1 is 1.33 bits per heavy atom. The van der Waals surface area contributed by atoms with Crippen LogP contribution in [-0.4, -0.2) is 9.78 Å². The highest BCUT2D eigenvalue weighted by molar-refractivity contribution is 5.32. The summed E-state index contributed by atoms with van der Waals surface area (Å²) in [7, 11) is 0. The molecule has 0 spiro atoms. The molecule has 94 valence electrons. The molecule has 4 heteroatoms. The van der Waals surface area contributed by atoms with E-state index in [1.54, 1.807) is 12.3 Å². The Balaban J connectivity index is 2.27. The monoisotopic (exact) mass is 243 g/mol. The Morgan fingerprint density at radius 3 is 2.83 bits per heavy atom. The Bertz CT molecular complexity index is 604. The summed E-state index contributed by atoms with van der Waals surface area (Å²) in [6, 6.07) is 9.06. The third-order valence-corrected chi connectivity index (χ3v) is 2.99. The summed E-state index contributed by atoms with van der Waals surface area (Å²) in [4.78, 5) is 11.6. The molecule has 4 nitrogen and oxygen atoms in total. The Morgan fingerprint density at radius 2 is 2.11 bits per heavy atom. The van der Waals surface area contributed by atoms with Gasteiger partial charge in [-0.3, -0.25) is 4.79 Å². The van der Waals surface area contributed by atoms with Crippen molar-refractivity contribution in [3.63, 3.8) is 0 Å². The van der Waals surface area contributed by atoms with E-state index in [0.717, 1.165) is 11.1 Å². The van der Waals surface area contributed by atoms with Gasteiger partial charge in [-0.25, -0.2) is 4.68 Å². The van der Waals surface area contributed by atoms with E-state index in [-0.39, 0.29) is 11.6 Å². The fourth-order valence-corrected chi connectivity index (χ4v) is 1.97. The van der Waals surface area contributed by atoms with Gasteiger partial charge >= 0.3 is 0 Å². The first kappa shape index (κ1) is 12.5. The van der Waals surface area contributed by atoms with E-state index in [9.17, 15) is 4.79 Å². The number of aryl methyl sites for hydroxylation is 2. The van der Waals surface area contributed by atoms with E-state index in [1.807, 2.05) is 19.9 Å². The molecule has 0 bridgehead atoms. The maximum atomic E-state index is 11.6. The summed E-state index contributed by atoms with van der Waals surface area (Å²) in [5.74, 6) is 0. The average molecular weight is 243 g/mol. The van der Waals surface area contributed by atoms with Gasteiger partial charge in [-0.15, -0.1) is 0 Å². The van der Waals surface area contributed by atoms with Crippen molar-refractivity contribution in [2.45, 2.75) is 26.4 Å². The fraction of sp³-hybridized carbons (Fsp3) is 0.286. The lowest BCUT2D eigenvalue weighted by Gasteiger charge is -2.16. The van der Waals surface area contributed by atoms with Crippen LogP contribution in [0.1, 0.15) is 22.7 Å². The molecule has 2 rings (SSSR count). The highest BCUT2D eigenvalue weighted by Crippen LogP contribution is 2.18. The molecule has 0 saturated heterocycles. The topological polar surface area (TPSA) is 60.9 Å². The van der Waals surface area contributed by atoms with Gasteiger partial charge in [-0.2, -0.15) is 5.10 Å². The molecule has 0 aliphatic rings. The van der Waals surface area contributed by atoms with Gasteiger partial charge in [0.1, 0.15) is 0 Å². The summed E-state index contributed by atoms with van der Waals surface area (Å²) < 4.78 is 1.40. The second kappa shape index (κ2) is 5.14. The number of rotatable bonds is 3. The predicted molar refractivity (Wildman–Crippen MR) is 71.3 cm³/mol. The minimum Gasteiger partial charge on any atom is -0.322 e. The van der Waals surface area contributed by atoms with E-state index in [1.165, 1.54) is 16.3 Å². The van der Waals surface area contributed by atoms with Crippen LogP contribution in [0.25, 0.3) is 0 Å². The molecule has 0 amide bonds. The third-order valence-electron chi connectivity index (χ3n) is 2.99. The van der Waals surface area contributed by atoms with Crippen molar-refractivity contribution in [3.8, 4) is 0 Å². The van der Waals surface area contributed by atoms with Crippen LogP contribution in [0.2, 0.25) is 0 Å². The second-order valence-electron chi connectivity index (χ2n) is 4.51. The van der Waals surface area contributed by atoms with Crippen LogP contribution in [0.15, 0.2) is 41.3 Å². The molecule has 0 fully saturated rings. The molecule has 1 heterocycles. The minimum absolute atomic E-state index is 0.127. The van der Waals surface area contributed by atoms with Gasteiger partial charge in [0.2, 0.25) is 0 Å². The zero-order chi connectivity index (χ0) is 13.1. The van der Waals surface area contributed by atoms with Crippen molar-refractivity contribution in [1.29, 1.82) is 0 Å². The van der Waals surface area contributed by atoms with E-state index >= 15 is 0 Å². The molecule has 0 aliphatic heterocycles. The number of hydrogen-bond donors (Lipinski definition) is 1. The highest BCUT2D eigenvalue weighted by Gasteiger charge is 2.11. The second-order valence-corrected chi connectivity index (χ2v) is 4.51. The molecule has 1 aromatic carbocycles. The van der Waals surface area contributed by atoms with Crippen molar-refractivity contribution in [2.75, 3.05) is 0 Å². The molecule has 1 unspecified atom stereocenters. The largest absolute Gasteiger partial charge is 0.322 e. The van der Waals surface area contributed by atoms with Gasteiger partial charge in [0.25, 0.3) is 5.56 Å². The molecular formula is C14H17N3O. The van der Waals surface area contributed by atoms with Crippen LogP contribution in [0, 0.1) is 13.8 Å². The standard InChI is InChI=1S/C14H17N3O/c1-10-5-6-11(2)12(8-10)13(15)9-17-14(18)4-3-7-16-17/h3-8,13H,9,15H2,1-2H3. The Kier molecular flexibility index (Phi) is 3.58. The Hall–Kier alpha value is -1.94. The number of hydrogen-bond acceptors (Lipinski definition) is 3. The number of nitrogens with zero attached hydrogens (tertiary/aromatic N) is 2. The highest BCUT2D eigenvalue weighted by atomic mass is 16.1. The summed E-state index contributed by atoms with van der Waals surface area (Å²) >= 11 is 0. The van der Waals surface area contributed by atoms with E-state index in [0.29, 0.717) is 6.54 Å². The molecule has 2 N–H and O–H groups in total. The predicted octanol–water partition coefficient (Wildman–Crippen LogP) is 1.56. The van der Waals surface area contributed by atoms with Gasteiger partial charge in [0.15, 0.2) is 0 Å². The lowest BCUT2D eigenvalue weighted by atomic mass is 9.99. The lowest BCUT2D eigenvalue weighted by Crippen LogP contribution is -2.28.